The maximum Gasteiger partial charge on any atom is 0.497 e. The molecule has 0 heterocycles. The second kappa shape index (κ2) is 9.37. The van der Waals surface area contributed by atoms with Crippen molar-refractivity contribution >= 4 is 20.8 Å². The molecule has 7 heteroatoms. The molecule has 122 valence electrons. The van der Waals surface area contributed by atoms with Crippen molar-refractivity contribution in [2.45, 2.75) is 12.5 Å². The molecule has 0 atom stereocenters. The van der Waals surface area contributed by atoms with Crippen molar-refractivity contribution in [1.29, 1.82) is 0 Å². The summed E-state index contributed by atoms with van der Waals surface area (Å²) in [6.07, 6.45) is 3.50. The van der Waals surface area contributed by atoms with Gasteiger partial charge in [-0.05, 0) is 30.2 Å². The molecule has 0 fully saturated rings. The van der Waals surface area contributed by atoms with E-state index in [1.54, 1.807) is 13.2 Å². The van der Waals surface area contributed by atoms with Crippen LogP contribution in [0.3, 0.4) is 0 Å². The Morgan fingerprint density at radius 3 is 2.36 bits per heavy atom. The number of ether oxygens (including phenoxy) is 2. The summed E-state index contributed by atoms with van der Waals surface area (Å²) in [5.74, 6) is 0.323. The van der Waals surface area contributed by atoms with Gasteiger partial charge < -0.3 is 23.1 Å². The van der Waals surface area contributed by atoms with Crippen LogP contribution in [0.4, 0.5) is 0 Å². The third-order valence-corrected chi connectivity index (χ3v) is 5.31. The highest BCUT2D eigenvalue weighted by molar-refractivity contribution is 6.59. The summed E-state index contributed by atoms with van der Waals surface area (Å²) in [7, 11) is 1.33. The van der Waals surface area contributed by atoms with Gasteiger partial charge in [0.1, 0.15) is 5.75 Å². The van der Waals surface area contributed by atoms with Gasteiger partial charge in [0, 0.05) is 26.3 Å². The topological polar surface area (TPSA) is 74.2 Å². The lowest BCUT2D eigenvalue weighted by atomic mass is 10.2. The largest absolute Gasteiger partial charge is 0.497 e. The van der Waals surface area contributed by atoms with Crippen LogP contribution < -0.4 is 4.74 Å². The molecule has 0 aliphatic rings. The summed E-state index contributed by atoms with van der Waals surface area (Å²) in [6.45, 7) is 0.202. The number of hydrogen-bond acceptors (Lipinski definition) is 6. The number of hydrogen-bond donors (Lipinski definition) is 1. The van der Waals surface area contributed by atoms with E-state index in [-0.39, 0.29) is 6.61 Å². The van der Waals surface area contributed by atoms with Crippen LogP contribution in [-0.2, 0) is 18.4 Å². The Labute approximate surface area is 131 Å². The Bertz CT molecular complexity index is 481. The quantitative estimate of drug-likeness (QED) is 0.323. The molecule has 0 unspecified atom stereocenters. The number of carbonyl (C=O) groups excluding carboxylic acids is 1. The second-order valence-electron chi connectivity index (χ2n) is 4.50. The fourth-order valence-electron chi connectivity index (χ4n) is 1.68. The molecule has 1 N–H and O–H groups in total. The van der Waals surface area contributed by atoms with E-state index in [1.165, 1.54) is 20.3 Å². The van der Waals surface area contributed by atoms with E-state index in [4.69, 9.17) is 18.3 Å². The maximum atomic E-state index is 11.6. The van der Waals surface area contributed by atoms with E-state index >= 15 is 0 Å². The lowest BCUT2D eigenvalue weighted by Gasteiger charge is -2.19. The zero-order valence-corrected chi connectivity index (χ0v) is 14.1. The molecule has 1 aromatic rings. The summed E-state index contributed by atoms with van der Waals surface area (Å²) >= 11 is 0. The van der Waals surface area contributed by atoms with Gasteiger partial charge in [-0.3, -0.25) is 0 Å². The summed E-state index contributed by atoms with van der Waals surface area (Å²) in [6, 6.07) is 7.64. The fraction of sp³-hybridized carbons (Fsp3) is 0.400. The monoisotopic (exact) mass is 326 g/mol. The van der Waals surface area contributed by atoms with Crippen molar-refractivity contribution in [1.82, 2.24) is 0 Å². The van der Waals surface area contributed by atoms with E-state index in [0.717, 1.165) is 11.3 Å². The van der Waals surface area contributed by atoms with Crippen LogP contribution in [0.5, 0.6) is 5.75 Å². The van der Waals surface area contributed by atoms with Crippen LogP contribution in [-0.4, -0.2) is 47.5 Å². The van der Waals surface area contributed by atoms with Gasteiger partial charge in [-0.2, -0.15) is 0 Å². The van der Waals surface area contributed by atoms with E-state index in [0.29, 0.717) is 12.5 Å². The Hall–Kier alpha value is -1.67. The van der Waals surface area contributed by atoms with E-state index < -0.39 is 14.8 Å². The first kappa shape index (κ1) is 18.4. The van der Waals surface area contributed by atoms with Crippen molar-refractivity contribution in [3.05, 3.63) is 35.9 Å². The molecule has 0 aromatic heterocycles. The smallest absolute Gasteiger partial charge is 0.497 e. The average molecular weight is 326 g/mol. The highest BCUT2D eigenvalue weighted by atomic mass is 28.4. The van der Waals surface area contributed by atoms with Crippen LogP contribution in [0, 0.1) is 0 Å². The van der Waals surface area contributed by atoms with Gasteiger partial charge in [0.05, 0.1) is 13.7 Å². The number of esters is 1. The molecular formula is C15H22O6Si. The van der Waals surface area contributed by atoms with E-state index in [9.17, 15) is 9.59 Å². The molecule has 0 saturated carbocycles. The molecule has 0 radical (unpaired) electrons. The van der Waals surface area contributed by atoms with Crippen molar-refractivity contribution < 1.29 is 27.9 Å². The third-order valence-electron chi connectivity index (χ3n) is 3.05. The Balaban J connectivity index is 2.32. The third kappa shape index (κ3) is 6.40. The van der Waals surface area contributed by atoms with Crippen LogP contribution >= 0.6 is 0 Å². The zero-order chi connectivity index (χ0) is 16.4. The molecule has 0 bridgehead atoms. The van der Waals surface area contributed by atoms with Crippen molar-refractivity contribution in [2.24, 2.45) is 0 Å². The van der Waals surface area contributed by atoms with E-state index in [1.807, 2.05) is 24.3 Å². The molecule has 0 amide bonds. The summed E-state index contributed by atoms with van der Waals surface area (Å²) in [5.41, 5.74) is 0.873. The van der Waals surface area contributed by atoms with Crippen molar-refractivity contribution in [3.63, 3.8) is 0 Å². The molecule has 0 aliphatic carbocycles. The number of rotatable bonds is 9. The number of methoxy groups -OCH3 is 1. The maximum absolute atomic E-state index is 11.6. The average Bonchev–Trinajstić information content (AvgIpc) is 2.57. The highest BCUT2D eigenvalue weighted by Crippen LogP contribution is 2.13. The number of carbonyl (C=O) groups is 1. The second-order valence-corrected chi connectivity index (χ2v) is 7.24. The number of benzene rings is 1. The summed E-state index contributed by atoms with van der Waals surface area (Å²) in [4.78, 5) is 21.4. The standard InChI is InChI=1S/C15H22O6Si/c1-18-14-8-5-13(6-9-14)7-10-15(16)21-11-4-12-22(17,19-2)20-3/h5-10,17H,4,11-12H2,1-3H3/b10-7+. The first-order valence-corrected chi connectivity index (χ1v) is 8.81. The first-order valence-electron chi connectivity index (χ1n) is 6.84. The zero-order valence-electron chi connectivity index (χ0n) is 13.1. The van der Waals surface area contributed by atoms with Gasteiger partial charge in [0.2, 0.25) is 0 Å². The molecule has 1 rings (SSSR count). The Kier molecular flexibility index (Phi) is 7.82. The molecule has 0 aliphatic heterocycles. The summed E-state index contributed by atoms with van der Waals surface area (Å²) < 4.78 is 19.9. The van der Waals surface area contributed by atoms with Crippen LogP contribution in [0.15, 0.2) is 30.3 Å². The minimum Gasteiger partial charge on any atom is -0.497 e. The van der Waals surface area contributed by atoms with Gasteiger partial charge in [-0.1, -0.05) is 12.1 Å². The van der Waals surface area contributed by atoms with E-state index in [2.05, 4.69) is 0 Å². The molecule has 6 nitrogen and oxygen atoms in total. The molecule has 22 heavy (non-hydrogen) atoms. The minimum atomic E-state index is -3.07. The lowest BCUT2D eigenvalue weighted by Crippen LogP contribution is -2.40. The van der Waals surface area contributed by atoms with Gasteiger partial charge in [-0.15, -0.1) is 0 Å². The Morgan fingerprint density at radius 1 is 1.18 bits per heavy atom. The van der Waals surface area contributed by atoms with Gasteiger partial charge in [0.25, 0.3) is 0 Å². The van der Waals surface area contributed by atoms with Gasteiger partial charge >= 0.3 is 14.8 Å². The van der Waals surface area contributed by atoms with Gasteiger partial charge in [0.15, 0.2) is 0 Å². The van der Waals surface area contributed by atoms with Crippen molar-refractivity contribution in [2.75, 3.05) is 27.9 Å². The normalized spacial score (nSPS) is 11.6. The van der Waals surface area contributed by atoms with Crippen molar-refractivity contribution in [3.8, 4) is 5.75 Å². The van der Waals surface area contributed by atoms with Crippen LogP contribution in [0.1, 0.15) is 12.0 Å². The lowest BCUT2D eigenvalue weighted by molar-refractivity contribution is -0.137. The predicted octanol–water partition coefficient (Wildman–Crippen LogP) is 1.87. The molecule has 0 saturated heterocycles. The molecular weight excluding hydrogens is 304 g/mol. The fourth-order valence-corrected chi connectivity index (χ4v) is 2.85. The van der Waals surface area contributed by atoms with Crippen LogP contribution in [0.2, 0.25) is 6.04 Å². The molecule has 1 aromatic carbocycles. The minimum absolute atomic E-state index is 0.202. The molecule has 0 spiro atoms. The SMILES string of the molecule is COc1ccc(/C=C/C(=O)OCCC[Si](O)(OC)OC)cc1. The summed E-state index contributed by atoms with van der Waals surface area (Å²) in [5, 5.41) is 0. The predicted molar refractivity (Wildman–Crippen MR) is 84.4 cm³/mol. The first-order chi connectivity index (χ1) is 10.5. The Morgan fingerprint density at radius 2 is 1.82 bits per heavy atom. The highest BCUT2D eigenvalue weighted by Gasteiger charge is 2.33. The van der Waals surface area contributed by atoms with Gasteiger partial charge in [-0.25, -0.2) is 4.79 Å². The van der Waals surface area contributed by atoms with Crippen LogP contribution in [0.25, 0.3) is 6.08 Å².